The van der Waals surface area contributed by atoms with Gasteiger partial charge in [0.15, 0.2) is 0 Å². The van der Waals surface area contributed by atoms with E-state index in [2.05, 4.69) is 10.3 Å². The highest BCUT2D eigenvalue weighted by Crippen LogP contribution is 2.24. The van der Waals surface area contributed by atoms with Crippen molar-refractivity contribution in [2.75, 3.05) is 7.05 Å². The molecule has 0 saturated heterocycles. The molecule has 0 bridgehead atoms. The number of hydrogen-bond acceptors (Lipinski definition) is 4. The highest BCUT2D eigenvalue weighted by Gasteiger charge is 2.05. The molecule has 0 saturated carbocycles. The largest absolute Gasteiger partial charge is 0.483 e. The number of rotatable bonds is 5. The SMILES string of the molecule is CNCc1ccc(COc2cccc3cccnc23)o1. The summed E-state index contributed by atoms with van der Waals surface area (Å²) in [5.74, 6) is 2.49. The maximum absolute atomic E-state index is 5.82. The topological polar surface area (TPSA) is 47.3 Å². The van der Waals surface area contributed by atoms with Gasteiger partial charge in [0.05, 0.1) is 6.54 Å². The molecule has 2 heterocycles. The average molecular weight is 268 g/mol. The van der Waals surface area contributed by atoms with Gasteiger partial charge in [0.25, 0.3) is 0 Å². The molecule has 0 aliphatic carbocycles. The van der Waals surface area contributed by atoms with Gasteiger partial charge in [-0.3, -0.25) is 4.98 Å². The number of nitrogens with one attached hydrogen (secondary N) is 1. The van der Waals surface area contributed by atoms with Crippen molar-refractivity contribution in [1.82, 2.24) is 10.3 Å². The van der Waals surface area contributed by atoms with E-state index in [-0.39, 0.29) is 0 Å². The highest BCUT2D eigenvalue weighted by molar-refractivity contribution is 5.84. The first-order valence-electron chi connectivity index (χ1n) is 6.55. The average Bonchev–Trinajstić information content (AvgIpc) is 2.93. The molecule has 20 heavy (non-hydrogen) atoms. The Morgan fingerprint density at radius 2 is 1.95 bits per heavy atom. The van der Waals surface area contributed by atoms with Gasteiger partial charge in [-0.1, -0.05) is 18.2 Å². The van der Waals surface area contributed by atoms with Gasteiger partial charge in [-0.15, -0.1) is 0 Å². The highest BCUT2D eigenvalue weighted by atomic mass is 16.5. The molecule has 0 aliphatic rings. The molecule has 4 heteroatoms. The van der Waals surface area contributed by atoms with E-state index in [4.69, 9.17) is 9.15 Å². The molecular weight excluding hydrogens is 252 g/mol. The number of furan rings is 1. The summed E-state index contributed by atoms with van der Waals surface area (Å²) in [6.07, 6.45) is 1.77. The second-order valence-electron chi connectivity index (χ2n) is 4.52. The van der Waals surface area contributed by atoms with Gasteiger partial charge in [0, 0.05) is 11.6 Å². The Hall–Kier alpha value is -2.33. The van der Waals surface area contributed by atoms with Crippen molar-refractivity contribution in [1.29, 1.82) is 0 Å². The zero-order valence-electron chi connectivity index (χ0n) is 11.3. The van der Waals surface area contributed by atoms with Crippen LogP contribution in [0.3, 0.4) is 0 Å². The standard InChI is InChI=1S/C16H16N2O2/c1-17-10-13-7-8-14(20-13)11-19-15-6-2-4-12-5-3-9-18-16(12)15/h2-9,17H,10-11H2,1H3. The number of aromatic nitrogens is 1. The normalized spacial score (nSPS) is 10.8. The molecule has 1 N–H and O–H groups in total. The number of hydrogen-bond donors (Lipinski definition) is 1. The third-order valence-electron chi connectivity index (χ3n) is 3.03. The molecule has 0 amide bonds. The molecule has 0 unspecified atom stereocenters. The van der Waals surface area contributed by atoms with Crippen LogP contribution in [0.25, 0.3) is 10.9 Å². The molecule has 4 nitrogen and oxygen atoms in total. The smallest absolute Gasteiger partial charge is 0.146 e. The maximum Gasteiger partial charge on any atom is 0.146 e. The molecule has 0 fully saturated rings. The van der Waals surface area contributed by atoms with Crippen LogP contribution in [0.4, 0.5) is 0 Å². The Bertz CT molecular complexity index is 701. The van der Waals surface area contributed by atoms with Crippen molar-refractivity contribution in [3.63, 3.8) is 0 Å². The summed E-state index contributed by atoms with van der Waals surface area (Å²) in [7, 11) is 1.89. The monoisotopic (exact) mass is 268 g/mol. The Morgan fingerprint density at radius 1 is 1.10 bits per heavy atom. The Labute approximate surface area is 117 Å². The first-order chi connectivity index (χ1) is 9.86. The van der Waals surface area contributed by atoms with Crippen LogP contribution in [-0.2, 0) is 13.2 Å². The number of pyridine rings is 1. The van der Waals surface area contributed by atoms with Gasteiger partial charge in [0.1, 0.15) is 29.4 Å². The van der Waals surface area contributed by atoms with E-state index >= 15 is 0 Å². The molecule has 102 valence electrons. The Balaban J connectivity index is 1.76. The molecule has 1 aromatic carbocycles. The van der Waals surface area contributed by atoms with Crippen molar-refractivity contribution >= 4 is 10.9 Å². The van der Waals surface area contributed by atoms with Gasteiger partial charge in [-0.2, -0.15) is 0 Å². The van der Waals surface area contributed by atoms with Gasteiger partial charge in [0.2, 0.25) is 0 Å². The van der Waals surface area contributed by atoms with Gasteiger partial charge >= 0.3 is 0 Å². The summed E-state index contributed by atoms with van der Waals surface area (Å²) < 4.78 is 11.5. The van der Waals surface area contributed by atoms with E-state index in [1.54, 1.807) is 6.20 Å². The zero-order valence-corrected chi connectivity index (χ0v) is 11.3. The summed E-state index contributed by atoms with van der Waals surface area (Å²) in [5.41, 5.74) is 0.872. The fourth-order valence-electron chi connectivity index (χ4n) is 2.11. The Kier molecular flexibility index (Phi) is 3.65. The van der Waals surface area contributed by atoms with E-state index in [0.29, 0.717) is 6.61 Å². The van der Waals surface area contributed by atoms with Gasteiger partial charge in [-0.05, 0) is 31.3 Å². The summed E-state index contributed by atoms with van der Waals surface area (Å²) in [6, 6.07) is 13.7. The summed E-state index contributed by atoms with van der Waals surface area (Å²) in [6.45, 7) is 1.12. The minimum atomic E-state index is 0.402. The predicted octanol–water partition coefficient (Wildman–Crippen LogP) is 3.13. The van der Waals surface area contributed by atoms with E-state index in [9.17, 15) is 0 Å². The lowest BCUT2D eigenvalue weighted by atomic mass is 10.2. The third-order valence-corrected chi connectivity index (χ3v) is 3.03. The molecule has 0 radical (unpaired) electrons. The van der Waals surface area contributed by atoms with Crippen LogP contribution in [0.5, 0.6) is 5.75 Å². The molecule has 3 aromatic rings. The lowest BCUT2D eigenvalue weighted by Crippen LogP contribution is -2.03. The second kappa shape index (κ2) is 5.75. The van der Waals surface area contributed by atoms with Crippen LogP contribution in [0, 0.1) is 0 Å². The van der Waals surface area contributed by atoms with E-state index in [1.165, 1.54) is 0 Å². The number of ether oxygens (including phenoxy) is 1. The second-order valence-corrected chi connectivity index (χ2v) is 4.52. The minimum absolute atomic E-state index is 0.402. The van der Waals surface area contributed by atoms with Crippen molar-refractivity contribution in [3.8, 4) is 5.75 Å². The molecule has 2 aromatic heterocycles. The lowest BCUT2D eigenvalue weighted by Gasteiger charge is -2.07. The number of nitrogens with zero attached hydrogens (tertiary/aromatic N) is 1. The summed E-state index contributed by atoms with van der Waals surface area (Å²) >= 11 is 0. The first-order valence-corrected chi connectivity index (χ1v) is 6.55. The number of para-hydroxylation sites is 1. The van der Waals surface area contributed by atoms with Crippen LogP contribution < -0.4 is 10.1 Å². The fourth-order valence-corrected chi connectivity index (χ4v) is 2.11. The molecule has 0 spiro atoms. The first kappa shape index (κ1) is 12.7. The maximum atomic E-state index is 5.82. The molecule has 3 rings (SSSR count). The fraction of sp³-hybridized carbons (Fsp3) is 0.188. The minimum Gasteiger partial charge on any atom is -0.483 e. The number of fused-ring (bicyclic) bond motifs is 1. The quantitative estimate of drug-likeness (QED) is 0.772. The van der Waals surface area contributed by atoms with Crippen LogP contribution in [0.2, 0.25) is 0 Å². The summed E-state index contributed by atoms with van der Waals surface area (Å²) in [5, 5.41) is 4.12. The Morgan fingerprint density at radius 3 is 2.85 bits per heavy atom. The van der Waals surface area contributed by atoms with Crippen molar-refractivity contribution in [2.24, 2.45) is 0 Å². The molecule has 0 atom stereocenters. The van der Waals surface area contributed by atoms with E-state index in [0.717, 1.165) is 34.7 Å². The van der Waals surface area contributed by atoms with Gasteiger partial charge < -0.3 is 14.5 Å². The lowest BCUT2D eigenvalue weighted by molar-refractivity contribution is 0.268. The van der Waals surface area contributed by atoms with E-state index in [1.807, 2.05) is 49.5 Å². The van der Waals surface area contributed by atoms with Crippen molar-refractivity contribution in [2.45, 2.75) is 13.2 Å². The zero-order chi connectivity index (χ0) is 13.8. The number of benzene rings is 1. The molecular formula is C16H16N2O2. The summed E-state index contributed by atoms with van der Waals surface area (Å²) in [4.78, 5) is 4.36. The van der Waals surface area contributed by atoms with Crippen molar-refractivity contribution in [3.05, 3.63) is 60.2 Å². The van der Waals surface area contributed by atoms with E-state index < -0.39 is 0 Å². The predicted molar refractivity (Wildman–Crippen MR) is 77.5 cm³/mol. The van der Waals surface area contributed by atoms with Crippen LogP contribution in [0.1, 0.15) is 11.5 Å². The van der Waals surface area contributed by atoms with Crippen molar-refractivity contribution < 1.29 is 9.15 Å². The van der Waals surface area contributed by atoms with Crippen LogP contribution in [-0.4, -0.2) is 12.0 Å². The van der Waals surface area contributed by atoms with Gasteiger partial charge in [-0.25, -0.2) is 0 Å². The van der Waals surface area contributed by atoms with Crippen LogP contribution in [0.15, 0.2) is 53.1 Å². The van der Waals surface area contributed by atoms with Crippen LogP contribution >= 0.6 is 0 Å². The third kappa shape index (κ3) is 2.65. The molecule has 0 aliphatic heterocycles.